The highest BCUT2D eigenvalue weighted by Gasteiger charge is 2.10. The van der Waals surface area contributed by atoms with E-state index in [1.54, 1.807) is 12.1 Å². The highest BCUT2D eigenvalue weighted by molar-refractivity contribution is 5.45. The van der Waals surface area contributed by atoms with Crippen molar-refractivity contribution in [2.75, 3.05) is 11.5 Å². The van der Waals surface area contributed by atoms with Gasteiger partial charge in [-0.25, -0.2) is 0 Å². The second kappa shape index (κ2) is 6.26. The molecule has 4 nitrogen and oxygen atoms in total. The molecular formula is C18H18N2O2. The zero-order chi connectivity index (χ0) is 15.4. The van der Waals surface area contributed by atoms with Crippen LogP contribution in [0.1, 0.15) is 12.8 Å². The SMILES string of the molecule is Nc1cccc(OC2=CCCC(Oc3cccc(N)c3)=C2)c1. The van der Waals surface area contributed by atoms with Crippen LogP contribution in [0.3, 0.4) is 0 Å². The summed E-state index contributed by atoms with van der Waals surface area (Å²) in [6.07, 6.45) is 5.63. The van der Waals surface area contributed by atoms with Gasteiger partial charge in [0.25, 0.3) is 0 Å². The van der Waals surface area contributed by atoms with Gasteiger partial charge in [-0.15, -0.1) is 0 Å². The van der Waals surface area contributed by atoms with Crippen molar-refractivity contribution >= 4 is 11.4 Å². The molecule has 0 atom stereocenters. The summed E-state index contributed by atoms with van der Waals surface area (Å²) >= 11 is 0. The van der Waals surface area contributed by atoms with Gasteiger partial charge >= 0.3 is 0 Å². The van der Waals surface area contributed by atoms with Gasteiger partial charge in [-0.2, -0.15) is 0 Å². The Hall–Kier alpha value is -2.88. The van der Waals surface area contributed by atoms with E-state index in [0.29, 0.717) is 17.1 Å². The molecule has 0 saturated heterocycles. The maximum atomic E-state index is 5.86. The fraction of sp³-hybridized carbons (Fsp3) is 0.111. The molecule has 0 aromatic heterocycles. The van der Waals surface area contributed by atoms with E-state index in [1.807, 2.05) is 48.6 Å². The van der Waals surface area contributed by atoms with Gasteiger partial charge in [-0.3, -0.25) is 0 Å². The van der Waals surface area contributed by atoms with Crippen LogP contribution in [-0.4, -0.2) is 0 Å². The van der Waals surface area contributed by atoms with Crippen LogP contribution in [0.25, 0.3) is 0 Å². The van der Waals surface area contributed by atoms with Crippen molar-refractivity contribution in [1.82, 2.24) is 0 Å². The number of hydrogen-bond acceptors (Lipinski definition) is 4. The summed E-state index contributed by atoms with van der Waals surface area (Å²) in [5.74, 6) is 3.06. The molecule has 1 aliphatic rings. The molecule has 0 bridgehead atoms. The quantitative estimate of drug-likeness (QED) is 0.840. The van der Waals surface area contributed by atoms with Gasteiger partial charge in [-0.05, 0) is 36.8 Å². The fourth-order valence-electron chi connectivity index (χ4n) is 2.24. The minimum Gasteiger partial charge on any atom is -0.462 e. The summed E-state index contributed by atoms with van der Waals surface area (Å²) in [5.41, 5.74) is 12.9. The topological polar surface area (TPSA) is 70.5 Å². The van der Waals surface area contributed by atoms with Gasteiger partial charge in [0.15, 0.2) is 0 Å². The van der Waals surface area contributed by atoms with Crippen molar-refractivity contribution in [1.29, 1.82) is 0 Å². The van der Waals surface area contributed by atoms with E-state index >= 15 is 0 Å². The van der Waals surface area contributed by atoms with Crippen molar-refractivity contribution < 1.29 is 9.47 Å². The van der Waals surface area contributed by atoms with Crippen LogP contribution in [0.2, 0.25) is 0 Å². The normalized spacial score (nSPS) is 14.0. The average Bonchev–Trinajstić information content (AvgIpc) is 2.47. The number of ether oxygens (including phenoxy) is 2. The minimum absolute atomic E-state index is 0.675. The van der Waals surface area contributed by atoms with E-state index in [1.165, 1.54) is 0 Å². The lowest BCUT2D eigenvalue weighted by Gasteiger charge is -2.16. The van der Waals surface area contributed by atoms with Crippen LogP contribution >= 0.6 is 0 Å². The van der Waals surface area contributed by atoms with Gasteiger partial charge in [0.05, 0.1) is 0 Å². The molecule has 0 heterocycles. The van der Waals surface area contributed by atoms with Crippen LogP contribution in [0.15, 0.2) is 72.2 Å². The second-order valence-electron chi connectivity index (χ2n) is 5.10. The van der Waals surface area contributed by atoms with Crippen LogP contribution in [0.4, 0.5) is 11.4 Å². The molecule has 0 fully saturated rings. The lowest BCUT2D eigenvalue weighted by molar-refractivity contribution is 0.381. The third-order valence-corrected chi connectivity index (χ3v) is 3.24. The van der Waals surface area contributed by atoms with E-state index < -0.39 is 0 Å². The summed E-state index contributed by atoms with van der Waals surface area (Å²) in [6.45, 7) is 0. The smallest absolute Gasteiger partial charge is 0.129 e. The van der Waals surface area contributed by atoms with Gasteiger partial charge in [0, 0.05) is 36.0 Å². The molecule has 0 aliphatic heterocycles. The Labute approximate surface area is 129 Å². The fourth-order valence-corrected chi connectivity index (χ4v) is 2.24. The number of nitrogens with two attached hydrogens (primary N) is 2. The van der Waals surface area contributed by atoms with Crippen molar-refractivity contribution in [3.8, 4) is 11.5 Å². The third kappa shape index (κ3) is 3.61. The lowest BCUT2D eigenvalue weighted by atomic mass is 10.1. The number of hydrogen-bond donors (Lipinski definition) is 2. The Bertz CT molecular complexity index is 735. The van der Waals surface area contributed by atoms with Crippen molar-refractivity contribution in [2.45, 2.75) is 12.8 Å². The summed E-state index contributed by atoms with van der Waals surface area (Å²) in [7, 11) is 0. The minimum atomic E-state index is 0.675. The van der Waals surface area contributed by atoms with Crippen molar-refractivity contribution in [3.63, 3.8) is 0 Å². The molecule has 2 aromatic rings. The third-order valence-electron chi connectivity index (χ3n) is 3.24. The maximum absolute atomic E-state index is 5.86. The first-order valence-corrected chi connectivity index (χ1v) is 7.16. The average molecular weight is 294 g/mol. The van der Waals surface area contributed by atoms with E-state index in [0.717, 1.165) is 30.1 Å². The van der Waals surface area contributed by atoms with E-state index in [9.17, 15) is 0 Å². The van der Waals surface area contributed by atoms with E-state index in [4.69, 9.17) is 20.9 Å². The van der Waals surface area contributed by atoms with Gasteiger partial charge in [-0.1, -0.05) is 12.1 Å². The molecule has 2 aromatic carbocycles. The Morgan fingerprint density at radius 3 is 2.09 bits per heavy atom. The number of allylic oxidation sites excluding steroid dienone is 3. The van der Waals surface area contributed by atoms with E-state index in [2.05, 4.69) is 0 Å². The van der Waals surface area contributed by atoms with Crippen LogP contribution in [0.5, 0.6) is 11.5 Å². The van der Waals surface area contributed by atoms with Crippen molar-refractivity contribution in [3.05, 3.63) is 72.2 Å². The summed E-state index contributed by atoms with van der Waals surface area (Å²) in [5, 5.41) is 0. The van der Waals surface area contributed by atoms with Crippen LogP contribution in [-0.2, 0) is 0 Å². The largest absolute Gasteiger partial charge is 0.462 e. The Kier molecular flexibility index (Phi) is 4.01. The first-order chi connectivity index (χ1) is 10.7. The standard InChI is InChI=1S/C18H18N2O2/c19-13-4-1-6-15(10-13)21-17-8-3-9-18(12-17)22-16-7-2-5-14(20)11-16/h1-2,4-8,10-12H,3,9,19-20H2. The number of rotatable bonds is 4. The molecule has 0 saturated carbocycles. The highest BCUT2D eigenvalue weighted by Crippen LogP contribution is 2.25. The molecule has 0 spiro atoms. The molecule has 0 radical (unpaired) electrons. The van der Waals surface area contributed by atoms with Gasteiger partial charge in [0.1, 0.15) is 23.0 Å². The lowest BCUT2D eigenvalue weighted by Crippen LogP contribution is -2.04. The first-order valence-electron chi connectivity index (χ1n) is 7.16. The highest BCUT2D eigenvalue weighted by atomic mass is 16.5. The molecule has 4 N–H and O–H groups in total. The number of benzene rings is 2. The Morgan fingerprint density at radius 1 is 0.818 bits per heavy atom. The number of nitrogen functional groups attached to an aromatic ring is 2. The molecule has 3 rings (SSSR count). The van der Waals surface area contributed by atoms with Gasteiger partial charge in [0.2, 0.25) is 0 Å². The first kappa shape index (κ1) is 14.1. The Morgan fingerprint density at radius 2 is 1.45 bits per heavy atom. The summed E-state index contributed by atoms with van der Waals surface area (Å²) in [6, 6.07) is 14.7. The van der Waals surface area contributed by atoms with E-state index in [-0.39, 0.29) is 0 Å². The predicted octanol–water partition coefficient (Wildman–Crippen LogP) is 3.87. The zero-order valence-corrected chi connectivity index (χ0v) is 12.2. The number of anilines is 2. The predicted molar refractivity (Wildman–Crippen MR) is 88.4 cm³/mol. The molecule has 4 heteroatoms. The second-order valence-corrected chi connectivity index (χ2v) is 5.10. The molecule has 112 valence electrons. The molecule has 1 aliphatic carbocycles. The zero-order valence-electron chi connectivity index (χ0n) is 12.2. The summed E-state index contributed by atoms with van der Waals surface area (Å²) < 4.78 is 11.7. The summed E-state index contributed by atoms with van der Waals surface area (Å²) in [4.78, 5) is 0. The molecule has 22 heavy (non-hydrogen) atoms. The molecule has 0 amide bonds. The molecular weight excluding hydrogens is 276 g/mol. The van der Waals surface area contributed by atoms with Gasteiger partial charge < -0.3 is 20.9 Å². The van der Waals surface area contributed by atoms with Crippen molar-refractivity contribution in [2.24, 2.45) is 0 Å². The Balaban J connectivity index is 1.71. The molecule has 0 unspecified atom stereocenters. The maximum Gasteiger partial charge on any atom is 0.129 e. The van der Waals surface area contributed by atoms with Crippen LogP contribution < -0.4 is 20.9 Å². The monoisotopic (exact) mass is 294 g/mol. The van der Waals surface area contributed by atoms with Crippen LogP contribution in [0, 0.1) is 0 Å².